The van der Waals surface area contributed by atoms with E-state index in [1.165, 1.54) is 0 Å². The highest BCUT2D eigenvalue weighted by molar-refractivity contribution is 6.90. The van der Waals surface area contributed by atoms with Crippen molar-refractivity contribution in [2.45, 2.75) is 72.0 Å². The number of benzene rings is 1. The maximum atomic E-state index is 5.88. The van der Waals surface area contributed by atoms with Crippen molar-refractivity contribution >= 4 is 20.7 Å². The molecule has 0 aliphatic carbocycles. The maximum absolute atomic E-state index is 5.88. The summed E-state index contributed by atoms with van der Waals surface area (Å²) in [6, 6.07) is 8.40. The Balaban J connectivity index is 2.18. The summed E-state index contributed by atoms with van der Waals surface area (Å²) in [6.45, 7) is 19.9. The van der Waals surface area contributed by atoms with Crippen LogP contribution in [0.15, 0.2) is 24.3 Å². The predicted molar refractivity (Wildman–Crippen MR) is 115 cm³/mol. The molecule has 2 nitrogen and oxygen atoms in total. The molecule has 1 saturated heterocycles. The Bertz CT molecular complexity index is 621. The van der Waals surface area contributed by atoms with Crippen LogP contribution < -0.4 is 5.46 Å². The van der Waals surface area contributed by atoms with Crippen molar-refractivity contribution in [3.05, 3.63) is 29.8 Å². The van der Waals surface area contributed by atoms with E-state index < -0.39 is 8.07 Å². The highest BCUT2D eigenvalue weighted by Gasteiger charge is 2.41. The van der Waals surface area contributed by atoms with E-state index in [0.29, 0.717) is 16.6 Å². The summed E-state index contributed by atoms with van der Waals surface area (Å²) in [5, 5.41) is 0. The Labute approximate surface area is 162 Å². The van der Waals surface area contributed by atoms with Crippen molar-refractivity contribution in [1.29, 1.82) is 0 Å². The van der Waals surface area contributed by atoms with Gasteiger partial charge in [0, 0.05) is 24.2 Å². The van der Waals surface area contributed by atoms with Crippen LogP contribution in [0.4, 0.5) is 0 Å². The Morgan fingerprint density at radius 2 is 1.35 bits per heavy atom. The normalized spacial score (nSPS) is 17.6. The van der Waals surface area contributed by atoms with Crippen molar-refractivity contribution in [3.8, 4) is 11.5 Å². The zero-order valence-corrected chi connectivity index (χ0v) is 18.8. The molecule has 0 atom stereocenters. The minimum Gasteiger partial charge on any atom is -0.407 e. The quantitative estimate of drug-likeness (QED) is 0.547. The van der Waals surface area contributed by atoms with Crippen LogP contribution in [-0.4, -0.2) is 28.4 Å². The molecule has 2 rings (SSSR count). The van der Waals surface area contributed by atoms with Gasteiger partial charge in [0.2, 0.25) is 0 Å². The zero-order chi connectivity index (χ0) is 19.5. The third-order valence-electron chi connectivity index (χ3n) is 5.72. The third kappa shape index (κ3) is 4.63. The molecular formula is C22H35BO2Si. The smallest absolute Gasteiger partial charge is 0.407 e. The first-order valence-corrected chi connectivity index (χ1v) is 12.2. The number of hydrogen-bond acceptors (Lipinski definition) is 2. The van der Waals surface area contributed by atoms with E-state index in [4.69, 9.17) is 9.31 Å². The summed E-state index contributed by atoms with van der Waals surface area (Å²) >= 11 is 0. The first-order valence-electron chi connectivity index (χ1n) is 9.95. The SMILES string of the molecule is CC(C)[Si](C#Cc1ccc(B2OCC(C)(C)CO2)cc1)(C(C)C)C(C)C. The van der Waals surface area contributed by atoms with E-state index in [2.05, 4.69) is 91.1 Å². The topological polar surface area (TPSA) is 18.5 Å². The second-order valence-corrected chi connectivity index (χ2v) is 15.0. The highest BCUT2D eigenvalue weighted by Crippen LogP contribution is 2.40. The molecular weight excluding hydrogens is 335 g/mol. The average Bonchev–Trinajstić information content (AvgIpc) is 2.55. The second kappa shape index (κ2) is 8.34. The standard InChI is InChI=1S/C22H35BO2Si/c1-17(2)26(18(3)4,19(5)6)14-13-20-9-11-21(12-10-20)23-24-15-22(7,8)16-25-23/h9-12,17-19H,15-16H2,1-8H3. The van der Waals surface area contributed by atoms with Crippen LogP contribution in [0.2, 0.25) is 16.6 Å². The van der Waals surface area contributed by atoms with E-state index in [1.807, 2.05) is 0 Å². The first kappa shape index (κ1) is 21.3. The number of rotatable bonds is 4. The van der Waals surface area contributed by atoms with Crippen molar-refractivity contribution in [1.82, 2.24) is 0 Å². The van der Waals surface area contributed by atoms with Gasteiger partial charge in [0.1, 0.15) is 8.07 Å². The lowest BCUT2D eigenvalue weighted by atomic mass is 9.76. The molecule has 26 heavy (non-hydrogen) atoms. The monoisotopic (exact) mass is 370 g/mol. The minimum absolute atomic E-state index is 0.0976. The van der Waals surface area contributed by atoms with Crippen LogP contribution in [0.25, 0.3) is 0 Å². The van der Waals surface area contributed by atoms with Gasteiger partial charge in [-0.05, 0) is 34.2 Å². The lowest BCUT2D eigenvalue weighted by Gasteiger charge is -2.38. The minimum atomic E-state index is -1.68. The molecule has 1 aliphatic heterocycles. The van der Waals surface area contributed by atoms with Gasteiger partial charge >= 0.3 is 7.12 Å². The van der Waals surface area contributed by atoms with Crippen LogP contribution in [0, 0.1) is 16.9 Å². The fourth-order valence-electron chi connectivity index (χ4n) is 4.22. The molecule has 1 aliphatic rings. The van der Waals surface area contributed by atoms with Gasteiger partial charge in [-0.3, -0.25) is 0 Å². The fraction of sp³-hybridized carbons (Fsp3) is 0.636. The number of hydrogen-bond donors (Lipinski definition) is 0. The van der Waals surface area contributed by atoms with Crippen LogP contribution >= 0.6 is 0 Å². The van der Waals surface area contributed by atoms with Crippen molar-refractivity contribution in [3.63, 3.8) is 0 Å². The molecule has 0 aromatic heterocycles. The van der Waals surface area contributed by atoms with E-state index in [0.717, 1.165) is 24.2 Å². The van der Waals surface area contributed by atoms with E-state index >= 15 is 0 Å². The van der Waals surface area contributed by atoms with Gasteiger partial charge in [-0.2, -0.15) is 0 Å². The molecule has 0 saturated carbocycles. The molecule has 142 valence electrons. The van der Waals surface area contributed by atoms with E-state index in [-0.39, 0.29) is 12.5 Å². The zero-order valence-electron chi connectivity index (χ0n) is 17.8. The first-order chi connectivity index (χ1) is 12.1. The molecule has 0 bridgehead atoms. The molecule has 0 unspecified atom stereocenters. The Morgan fingerprint density at radius 1 is 0.885 bits per heavy atom. The molecule has 1 fully saturated rings. The molecule has 0 N–H and O–H groups in total. The summed E-state index contributed by atoms with van der Waals surface area (Å²) < 4.78 is 11.8. The lowest BCUT2D eigenvalue weighted by Crippen LogP contribution is -2.47. The molecule has 1 aromatic carbocycles. The van der Waals surface area contributed by atoms with Gasteiger partial charge in [0.05, 0.1) is 0 Å². The van der Waals surface area contributed by atoms with Crippen molar-refractivity contribution < 1.29 is 9.31 Å². The Hall–Kier alpha value is -1.02. The van der Waals surface area contributed by atoms with Gasteiger partial charge in [0.25, 0.3) is 0 Å². The van der Waals surface area contributed by atoms with Crippen molar-refractivity contribution in [2.75, 3.05) is 13.2 Å². The second-order valence-electron chi connectivity index (χ2n) is 9.39. The maximum Gasteiger partial charge on any atom is 0.493 e. The van der Waals surface area contributed by atoms with Crippen molar-refractivity contribution in [2.24, 2.45) is 5.41 Å². The molecule has 1 heterocycles. The predicted octanol–water partition coefficient (Wildman–Crippen LogP) is 5.02. The Kier molecular flexibility index (Phi) is 6.82. The van der Waals surface area contributed by atoms with Gasteiger partial charge in [0.15, 0.2) is 0 Å². The average molecular weight is 370 g/mol. The summed E-state index contributed by atoms with van der Waals surface area (Å²) in [4.78, 5) is 0. The molecule has 0 spiro atoms. The third-order valence-corrected chi connectivity index (χ3v) is 12.0. The Morgan fingerprint density at radius 3 is 1.77 bits per heavy atom. The van der Waals surface area contributed by atoms with E-state index in [1.54, 1.807) is 0 Å². The summed E-state index contributed by atoms with van der Waals surface area (Å²) in [5.74, 6) is 3.50. The van der Waals surface area contributed by atoms with Gasteiger partial charge < -0.3 is 9.31 Å². The van der Waals surface area contributed by atoms with Gasteiger partial charge in [-0.15, -0.1) is 5.54 Å². The summed E-state index contributed by atoms with van der Waals surface area (Å²) in [7, 11) is -1.93. The van der Waals surface area contributed by atoms with E-state index in [9.17, 15) is 0 Å². The van der Waals surface area contributed by atoms with Gasteiger partial charge in [-0.25, -0.2) is 0 Å². The van der Waals surface area contributed by atoms with Gasteiger partial charge in [-0.1, -0.05) is 73.4 Å². The summed E-state index contributed by atoms with van der Waals surface area (Å²) in [6.07, 6.45) is 0. The molecule has 0 radical (unpaired) electrons. The lowest BCUT2D eigenvalue weighted by molar-refractivity contribution is 0.0343. The molecule has 4 heteroatoms. The van der Waals surface area contributed by atoms with Crippen LogP contribution in [0.1, 0.15) is 61.0 Å². The van der Waals surface area contributed by atoms with Crippen LogP contribution in [0.3, 0.4) is 0 Å². The fourth-order valence-corrected chi connectivity index (χ4v) is 9.45. The highest BCUT2D eigenvalue weighted by atomic mass is 28.3. The van der Waals surface area contributed by atoms with Crippen LogP contribution in [0.5, 0.6) is 0 Å². The largest absolute Gasteiger partial charge is 0.493 e. The van der Waals surface area contributed by atoms with Crippen LogP contribution in [-0.2, 0) is 9.31 Å². The molecule has 1 aromatic rings. The summed E-state index contributed by atoms with van der Waals surface area (Å²) in [5.41, 5.74) is 8.01. The molecule has 0 amide bonds.